The Labute approximate surface area is 176 Å². The number of carbonyl (C=O) groups is 1. The minimum absolute atomic E-state index is 0.215. The Kier molecular flexibility index (Phi) is 5.76. The highest BCUT2D eigenvalue weighted by atomic mass is 32.2. The van der Waals surface area contributed by atoms with Crippen LogP contribution in [0.15, 0.2) is 57.8 Å². The van der Waals surface area contributed by atoms with E-state index in [0.29, 0.717) is 49.0 Å². The molecule has 0 amide bonds. The Morgan fingerprint density at radius 1 is 1.13 bits per heavy atom. The summed E-state index contributed by atoms with van der Waals surface area (Å²) in [6, 6.07) is 13.9. The van der Waals surface area contributed by atoms with Crippen LogP contribution < -0.4 is 9.47 Å². The number of ether oxygens (including phenoxy) is 2. The van der Waals surface area contributed by atoms with Crippen molar-refractivity contribution >= 4 is 21.8 Å². The first-order valence-corrected chi connectivity index (χ1v) is 11.6. The zero-order valence-corrected chi connectivity index (χ0v) is 17.6. The van der Waals surface area contributed by atoms with Crippen LogP contribution in [0.2, 0.25) is 0 Å². The van der Waals surface area contributed by atoms with Gasteiger partial charge in [0, 0.05) is 18.7 Å². The highest BCUT2D eigenvalue weighted by molar-refractivity contribution is 7.90. The van der Waals surface area contributed by atoms with Crippen molar-refractivity contribution in [1.82, 2.24) is 4.90 Å². The topological polar surface area (TPSA) is 85.3 Å². The Morgan fingerprint density at radius 2 is 1.87 bits per heavy atom. The molecule has 0 spiro atoms. The minimum atomic E-state index is -3.69. The lowest BCUT2D eigenvalue weighted by Crippen LogP contribution is -2.43. The molecule has 1 fully saturated rings. The molecule has 2 aromatic carbocycles. The van der Waals surface area contributed by atoms with Gasteiger partial charge in [-0.2, -0.15) is 8.42 Å². The quantitative estimate of drug-likeness (QED) is 0.537. The number of nitrogens with zero attached hydrogens (tertiary/aromatic N) is 2. The first-order chi connectivity index (χ1) is 14.5. The number of sulfonamides is 1. The Balaban J connectivity index is 1.50. The molecule has 8 heteroatoms. The van der Waals surface area contributed by atoms with Gasteiger partial charge in [-0.1, -0.05) is 31.2 Å². The average Bonchev–Trinajstić information content (AvgIpc) is 3.04. The summed E-state index contributed by atoms with van der Waals surface area (Å²) in [4.78, 5) is 15.0. The van der Waals surface area contributed by atoms with Crippen molar-refractivity contribution in [3.05, 3.63) is 54.1 Å². The van der Waals surface area contributed by atoms with E-state index in [0.717, 1.165) is 12.8 Å². The zero-order chi connectivity index (χ0) is 21.1. The number of rotatable bonds is 5. The van der Waals surface area contributed by atoms with E-state index in [1.807, 2.05) is 17.9 Å². The fourth-order valence-corrected chi connectivity index (χ4v) is 4.96. The van der Waals surface area contributed by atoms with E-state index in [4.69, 9.17) is 9.47 Å². The van der Waals surface area contributed by atoms with E-state index < -0.39 is 10.0 Å². The van der Waals surface area contributed by atoms with Crippen LogP contribution in [-0.4, -0.2) is 44.8 Å². The van der Waals surface area contributed by atoms with Gasteiger partial charge in [0.1, 0.15) is 4.90 Å². The normalized spacial score (nSPS) is 19.7. The number of carbonyl (C=O) groups excluding carboxylic acids is 1. The molecule has 0 saturated carbocycles. The summed E-state index contributed by atoms with van der Waals surface area (Å²) in [5.74, 6) is 0.632. The van der Waals surface area contributed by atoms with Crippen molar-refractivity contribution in [2.24, 2.45) is 10.3 Å². The van der Waals surface area contributed by atoms with Gasteiger partial charge < -0.3 is 14.4 Å². The molecule has 2 aliphatic rings. The number of esters is 1. The standard InChI is InChI=1S/C22H24N2O5S/c1-2-14-28-18-10-4-5-11-19(18)29-22(25)16-8-7-13-24(15-16)21-17-9-3-6-12-20(17)30(26,27)23-21/h3-6,9-12,16H,2,7-8,13-15H2,1H3. The van der Waals surface area contributed by atoms with Crippen LogP contribution >= 0.6 is 0 Å². The van der Waals surface area contributed by atoms with Gasteiger partial charge in [0.2, 0.25) is 0 Å². The maximum atomic E-state index is 12.9. The van der Waals surface area contributed by atoms with Crippen molar-refractivity contribution in [2.45, 2.75) is 31.1 Å². The van der Waals surface area contributed by atoms with Crippen molar-refractivity contribution in [2.75, 3.05) is 19.7 Å². The van der Waals surface area contributed by atoms with Crippen LogP contribution in [0.5, 0.6) is 11.5 Å². The summed E-state index contributed by atoms with van der Waals surface area (Å²) in [5, 5.41) is 0. The number of benzene rings is 2. The van der Waals surface area contributed by atoms with Gasteiger partial charge >= 0.3 is 5.97 Å². The van der Waals surface area contributed by atoms with Gasteiger partial charge in [0.05, 0.1) is 12.5 Å². The molecule has 0 radical (unpaired) electrons. The third-order valence-corrected chi connectivity index (χ3v) is 6.51. The zero-order valence-electron chi connectivity index (χ0n) is 16.8. The Bertz CT molecular complexity index is 1080. The lowest BCUT2D eigenvalue weighted by atomic mass is 9.97. The number of fused-ring (bicyclic) bond motifs is 1. The predicted molar refractivity (Wildman–Crippen MR) is 112 cm³/mol. The molecule has 1 atom stereocenters. The summed E-state index contributed by atoms with van der Waals surface area (Å²) in [5.41, 5.74) is 0.588. The first-order valence-electron chi connectivity index (χ1n) is 10.1. The van der Waals surface area contributed by atoms with Crippen LogP contribution in [0.25, 0.3) is 0 Å². The molecule has 158 valence electrons. The molecule has 0 aliphatic carbocycles. The van der Waals surface area contributed by atoms with Gasteiger partial charge in [-0.15, -0.1) is 4.40 Å². The van der Waals surface area contributed by atoms with E-state index in [1.54, 1.807) is 42.5 Å². The van der Waals surface area contributed by atoms with E-state index in [2.05, 4.69) is 4.40 Å². The predicted octanol–water partition coefficient (Wildman–Crippen LogP) is 3.24. The number of likely N-dealkylation sites (tertiary alicyclic amines) is 1. The SMILES string of the molecule is CCCOc1ccccc1OC(=O)C1CCCN(C2=NS(=O)(=O)c3ccccc32)C1. The van der Waals surface area contributed by atoms with E-state index in [9.17, 15) is 13.2 Å². The van der Waals surface area contributed by atoms with Crippen molar-refractivity contribution in [3.63, 3.8) is 0 Å². The fourth-order valence-electron chi connectivity index (χ4n) is 3.74. The van der Waals surface area contributed by atoms with E-state index in [1.165, 1.54) is 0 Å². The summed E-state index contributed by atoms with van der Waals surface area (Å²) in [6.45, 7) is 3.55. The lowest BCUT2D eigenvalue weighted by molar-refractivity contribution is -0.140. The van der Waals surface area contributed by atoms with E-state index >= 15 is 0 Å². The van der Waals surface area contributed by atoms with Gasteiger partial charge in [-0.25, -0.2) is 0 Å². The molecular formula is C22H24N2O5S. The summed E-state index contributed by atoms with van der Waals surface area (Å²) in [7, 11) is -3.69. The van der Waals surface area contributed by atoms with Crippen LogP contribution in [0.4, 0.5) is 0 Å². The van der Waals surface area contributed by atoms with Crippen LogP contribution in [0.1, 0.15) is 31.7 Å². The maximum absolute atomic E-state index is 12.9. The molecule has 0 aromatic heterocycles. The number of hydrogen-bond donors (Lipinski definition) is 0. The number of amidine groups is 1. The summed E-state index contributed by atoms with van der Waals surface area (Å²) >= 11 is 0. The maximum Gasteiger partial charge on any atom is 0.316 e. The third-order valence-electron chi connectivity index (χ3n) is 5.19. The molecule has 2 aromatic rings. The Hall–Kier alpha value is -2.87. The molecule has 30 heavy (non-hydrogen) atoms. The summed E-state index contributed by atoms with van der Waals surface area (Å²) < 4.78 is 40.0. The average molecular weight is 429 g/mol. The van der Waals surface area contributed by atoms with Gasteiger partial charge in [-0.3, -0.25) is 4.79 Å². The largest absolute Gasteiger partial charge is 0.490 e. The fraction of sp³-hybridized carbons (Fsp3) is 0.364. The molecule has 1 saturated heterocycles. The number of piperidine rings is 1. The third kappa shape index (κ3) is 4.05. The molecule has 7 nitrogen and oxygen atoms in total. The van der Waals surface area contributed by atoms with Crippen LogP contribution in [0, 0.1) is 5.92 Å². The van der Waals surface area contributed by atoms with Crippen LogP contribution in [-0.2, 0) is 14.8 Å². The second-order valence-corrected chi connectivity index (χ2v) is 8.96. The first kappa shape index (κ1) is 20.4. The van der Waals surface area contributed by atoms with Crippen LogP contribution in [0.3, 0.4) is 0 Å². The molecule has 0 bridgehead atoms. The van der Waals surface area contributed by atoms with Crippen molar-refractivity contribution in [1.29, 1.82) is 0 Å². The van der Waals surface area contributed by atoms with Gasteiger partial charge in [0.25, 0.3) is 10.0 Å². The molecule has 2 aliphatic heterocycles. The monoisotopic (exact) mass is 428 g/mol. The number of hydrogen-bond acceptors (Lipinski definition) is 6. The van der Waals surface area contributed by atoms with Crippen molar-refractivity contribution in [3.8, 4) is 11.5 Å². The highest BCUT2D eigenvalue weighted by Crippen LogP contribution is 2.31. The second kappa shape index (κ2) is 8.47. The highest BCUT2D eigenvalue weighted by Gasteiger charge is 2.35. The second-order valence-electron chi connectivity index (χ2n) is 7.39. The molecule has 1 unspecified atom stereocenters. The molecule has 0 N–H and O–H groups in total. The summed E-state index contributed by atoms with van der Waals surface area (Å²) in [6.07, 6.45) is 2.27. The smallest absolute Gasteiger partial charge is 0.316 e. The minimum Gasteiger partial charge on any atom is -0.490 e. The molecule has 4 rings (SSSR count). The van der Waals surface area contributed by atoms with Gasteiger partial charge in [-0.05, 0) is 43.5 Å². The molecule has 2 heterocycles. The molecular weight excluding hydrogens is 404 g/mol. The van der Waals surface area contributed by atoms with Gasteiger partial charge in [0.15, 0.2) is 17.3 Å². The lowest BCUT2D eigenvalue weighted by Gasteiger charge is -2.32. The van der Waals surface area contributed by atoms with E-state index in [-0.39, 0.29) is 16.8 Å². The Morgan fingerprint density at radius 3 is 2.67 bits per heavy atom. The number of para-hydroxylation sites is 2. The van der Waals surface area contributed by atoms with Crippen molar-refractivity contribution < 1.29 is 22.7 Å².